The normalized spacial score (nSPS) is 8.70. The number of nitriles is 3. The summed E-state index contributed by atoms with van der Waals surface area (Å²) < 4.78 is 5.61. The van der Waals surface area contributed by atoms with Crippen LogP contribution in [0.3, 0.4) is 0 Å². The van der Waals surface area contributed by atoms with E-state index in [1.807, 2.05) is 12.1 Å². The van der Waals surface area contributed by atoms with Crippen LogP contribution >= 0.6 is 0 Å². The van der Waals surface area contributed by atoms with Gasteiger partial charge in [0.25, 0.3) is 0 Å². The molecule has 0 aliphatic heterocycles. The molecule has 0 spiro atoms. The number of nitrogens with zero attached hydrogens (tertiary/aromatic N) is 3. The maximum Gasteiger partial charge on any atom is 0.163 e. The number of hydrogen-bond acceptors (Lipinski definition) is 5. The van der Waals surface area contributed by atoms with E-state index in [9.17, 15) is 0 Å². The summed E-state index contributed by atoms with van der Waals surface area (Å²) in [5.41, 5.74) is 0.223. The van der Waals surface area contributed by atoms with E-state index in [4.69, 9.17) is 20.5 Å². The molecule has 0 amide bonds. The van der Waals surface area contributed by atoms with Gasteiger partial charge in [-0.15, -0.1) is 0 Å². The van der Waals surface area contributed by atoms with Crippen LogP contribution in [0, 0.1) is 34.0 Å². The number of hydrogen-bond donors (Lipinski definition) is 1. The topological polar surface area (TPSA) is 92.6 Å². The molecule has 0 heterocycles. The first-order valence-electron chi connectivity index (χ1n) is 6.20. The summed E-state index contributed by atoms with van der Waals surface area (Å²) in [5, 5.41) is 29.4. The Labute approximate surface area is 118 Å². The van der Waals surface area contributed by atoms with E-state index in [0.717, 1.165) is 12.8 Å². The van der Waals surface area contributed by atoms with Crippen molar-refractivity contribution in [3.8, 4) is 24.0 Å². The Morgan fingerprint density at radius 1 is 1.15 bits per heavy atom. The van der Waals surface area contributed by atoms with Crippen LogP contribution in [0.15, 0.2) is 35.5 Å². The van der Waals surface area contributed by atoms with Gasteiger partial charge >= 0.3 is 0 Å². The van der Waals surface area contributed by atoms with Crippen molar-refractivity contribution in [1.82, 2.24) is 0 Å². The van der Waals surface area contributed by atoms with E-state index in [1.165, 1.54) is 0 Å². The summed E-state index contributed by atoms with van der Waals surface area (Å²) in [7, 11) is 0. The fraction of sp³-hybridized carbons (Fsp3) is 0.267. The van der Waals surface area contributed by atoms with Gasteiger partial charge in [0.1, 0.15) is 29.7 Å². The first-order chi connectivity index (χ1) is 9.76. The highest BCUT2D eigenvalue weighted by Crippen LogP contribution is 2.25. The monoisotopic (exact) mass is 266 g/mol. The summed E-state index contributed by atoms with van der Waals surface area (Å²) in [6.45, 7) is 2.64. The zero-order chi connectivity index (χ0) is 14.8. The van der Waals surface area contributed by atoms with Gasteiger partial charge in [-0.05, 0) is 18.6 Å². The first kappa shape index (κ1) is 15.1. The second kappa shape index (κ2) is 8.19. The molecule has 1 aromatic rings. The van der Waals surface area contributed by atoms with E-state index in [-0.39, 0.29) is 11.3 Å². The van der Waals surface area contributed by atoms with Crippen LogP contribution in [0.5, 0.6) is 5.75 Å². The minimum Gasteiger partial charge on any atom is -0.491 e. The Bertz CT molecular complexity index is 598. The van der Waals surface area contributed by atoms with E-state index < -0.39 is 0 Å². The van der Waals surface area contributed by atoms with Gasteiger partial charge in [-0.25, -0.2) is 0 Å². The van der Waals surface area contributed by atoms with Gasteiger partial charge in [0.15, 0.2) is 5.57 Å². The van der Waals surface area contributed by atoms with E-state index in [2.05, 4.69) is 12.2 Å². The van der Waals surface area contributed by atoms with Crippen molar-refractivity contribution in [2.75, 3.05) is 11.9 Å². The number of nitrogens with one attached hydrogen (secondary N) is 1. The Kier molecular flexibility index (Phi) is 6.18. The Morgan fingerprint density at radius 3 is 2.45 bits per heavy atom. The van der Waals surface area contributed by atoms with E-state index in [1.54, 1.807) is 30.3 Å². The van der Waals surface area contributed by atoms with Gasteiger partial charge in [-0.3, -0.25) is 0 Å². The Morgan fingerprint density at radius 2 is 1.85 bits per heavy atom. The number of allylic oxidation sites excluding steroid dienone is 2. The fourth-order valence-electron chi connectivity index (χ4n) is 1.44. The molecule has 0 fully saturated rings. The molecule has 0 bridgehead atoms. The third kappa shape index (κ3) is 4.05. The highest BCUT2D eigenvalue weighted by Gasteiger charge is 2.09. The van der Waals surface area contributed by atoms with Crippen LogP contribution in [0.4, 0.5) is 5.69 Å². The van der Waals surface area contributed by atoms with E-state index in [0.29, 0.717) is 18.0 Å². The minimum absolute atomic E-state index is 0.0819. The van der Waals surface area contributed by atoms with Crippen molar-refractivity contribution >= 4 is 5.69 Å². The van der Waals surface area contributed by atoms with Crippen molar-refractivity contribution in [2.24, 2.45) is 0 Å². The van der Waals surface area contributed by atoms with Gasteiger partial charge in [0.2, 0.25) is 0 Å². The summed E-state index contributed by atoms with van der Waals surface area (Å²) in [5.74, 6) is 0.587. The largest absolute Gasteiger partial charge is 0.491 e. The maximum absolute atomic E-state index is 9.01. The van der Waals surface area contributed by atoms with Gasteiger partial charge < -0.3 is 10.1 Å². The number of para-hydroxylation sites is 2. The SMILES string of the molecule is CCCCOc1ccccc1NC(C#N)=C(C#N)C#N. The third-order valence-corrected chi connectivity index (χ3v) is 2.49. The zero-order valence-corrected chi connectivity index (χ0v) is 11.2. The summed E-state index contributed by atoms with van der Waals surface area (Å²) in [6, 6.07) is 12.3. The molecule has 5 heteroatoms. The lowest BCUT2D eigenvalue weighted by Crippen LogP contribution is -2.04. The quantitative estimate of drug-likeness (QED) is 0.630. The molecule has 0 unspecified atom stereocenters. The fourth-order valence-corrected chi connectivity index (χ4v) is 1.44. The van der Waals surface area contributed by atoms with Crippen LogP contribution in [-0.2, 0) is 0 Å². The van der Waals surface area contributed by atoms with Crippen molar-refractivity contribution in [1.29, 1.82) is 15.8 Å². The number of ether oxygens (including phenoxy) is 1. The maximum atomic E-state index is 9.01. The van der Waals surface area contributed by atoms with Gasteiger partial charge in [-0.2, -0.15) is 15.8 Å². The molecular weight excluding hydrogens is 252 g/mol. The molecule has 0 saturated carbocycles. The zero-order valence-electron chi connectivity index (χ0n) is 11.2. The minimum atomic E-state index is -0.254. The summed E-state index contributed by atoms with van der Waals surface area (Å²) in [4.78, 5) is 0. The van der Waals surface area contributed by atoms with E-state index >= 15 is 0 Å². The molecular formula is C15H14N4O. The predicted octanol–water partition coefficient (Wildman–Crippen LogP) is 3.10. The van der Waals surface area contributed by atoms with Crippen molar-refractivity contribution < 1.29 is 4.74 Å². The molecule has 0 aromatic heterocycles. The van der Waals surface area contributed by atoms with Crippen LogP contribution < -0.4 is 10.1 Å². The van der Waals surface area contributed by atoms with Crippen LogP contribution in [0.25, 0.3) is 0 Å². The lowest BCUT2D eigenvalue weighted by molar-refractivity contribution is 0.311. The highest BCUT2D eigenvalue weighted by atomic mass is 16.5. The second-order valence-electron chi connectivity index (χ2n) is 3.91. The number of benzene rings is 1. The standard InChI is InChI=1S/C15H14N4O/c1-2-3-8-20-15-7-5-4-6-13(15)19-14(11-18)12(9-16)10-17/h4-7,19H,2-3,8H2,1H3. The number of rotatable bonds is 6. The molecule has 1 rings (SSSR count). The molecule has 1 aromatic carbocycles. The number of anilines is 1. The molecule has 100 valence electrons. The number of unbranched alkanes of at least 4 members (excludes halogenated alkanes) is 1. The lowest BCUT2D eigenvalue weighted by atomic mass is 10.2. The first-order valence-corrected chi connectivity index (χ1v) is 6.20. The highest BCUT2D eigenvalue weighted by molar-refractivity contribution is 5.64. The molecule has 5 nitrogen and oxygen atoms in total. The summed E-state index contributed by atoms with van der Waals surface area (Å²) >= 11 is 0. The molecule has 0 saturated heterocycles. The van der Waals surface area contributed by atoms with Crippen LogP contribution in [-0.4, -0.2) is 6.61 Å². The lowest BCUT2D eigenvalue weighted by Gasteiger charge is -2.12. The molecule has 1 N–H and O–H groups in total. The molecule has 0 radical (unpaired) electrons. The van der Waals surface area contributed by atoms with Gasteiger partial charge in [0, 0.05) is 0 Å². The molecule has 0 aliphatic carbocycles. The Hall–Kier alpha value is -2.97. The second-order valence-corrected chi connectivity index (χ2v) is 3.91. The molecule has 0 aliphatic rings. The van der Waals surface area contributed by atoms with Gasteiger partial charge in [-0.1, -0.05) is 25.5 Å². The summed E-state index contributed by atoms with van der Waals surface area (Å²) in [6.07, 6.45) is 1.95. The van der Waals surface area contributed by atoms with Crippen molar-refractivity contribution in [3.05, 3.63) is 35.5 Å². The predicted molar refractivity (Wildman–Crippen MR) is 74.3 cm³/mol. The average molecular weight is 266 g/mol. The smallest absolute Gasteiger partial charge is 0.163 e. The van der Waals surface area contributed by atoms with Crippen LogP contribution in [0.2, 0.25) is 0 Å². The average Bonchev–Trinajstić information content (AvgIpc) is 2.49. The third-order valence-electron chi connectivity index (χ3n) is 2.49. The van der Waals surface area contributed by atoms with Crippen molar-refractivity contribution in [3.63, 3.8) is 0 Å². The van der Waals surface area contributed by atoms with Crippen molar-refractivity contribution in [2.45, 2.75) is 19.8 Å². The molecule has 0 atom stereocenters. The molecule has 20 heavy (non-hydrogen) atoms. The van der Waals surface area contributed by atoms with Crippen LogP contribution in [0.1, 0.15) is 19.8 Å². The van der Waals surface area contributed by atoms with Gasteiger partial charge in [0.05, 0.1) is 12.3 Å². The Balaban J connectivity index is 2.98.